The maximum atomic E-state index is 13.0. The molecule has 4 rings (SSSR count). The van der Waals surface area contributed by atoms with E-state index in [9.17, 15) is 4.79 Å². The molecule has 35 heavy (non-hydrogen) atoms. The summed E-state index contributed by atoms with van der Waals surface area (Å²) in [7, 11) is 0. The monoisotopic (exact) mass is 463 g/mol. The number of hydrogen-bond acceptors (Lipinski definition) is 2. The number of carbonyl (C=O) groups excluding carboxylic acids is 1. The first-order chi connectivity index (χ1) is 17.0. The summed E-state index contributed by atoms with van der Waals surface area (Å²) in [5.74, 6) is 1.10. The van der Waals surface area contributed by atoms with Crippen molar-refractivity contribution in [1.82, 2.24) is 0 Å². The molecular formula is C33H37NO. The Kier molecular flexibility index (Phi) is 8.47. The summed E-state index contributed by atoms with van der Waals surface area (Å²) in [6.45, 7) is 10.6. The lowest BCUT2D eigenvalue weighted by Crippen LogP contribution is -2.14. The van der Waals surface area contributed by atoms with E-state index in [4.69, 9.17) is 4.99 Å². The minimum Gasteiger partial charge on any atom is -0.299 e. The maximum absolute atomic E-state index is 13.0. The van der Waals surface area contributed by atoms with Crippen molar-refractivity contribution in [3.63, 3.8) is 0 Å². The lowest BCUT2D eigenvalue weighted by Gasteiger charge is -2.19. The van der Waals surface area contributed by atoms with Gasteiger partial charge in [0.2, 0.25) is 0 Å². The van der Waals surface area contributed by atoms with Gasteiger partial charge in [-0.05, 0) is 47.6 Å². The van der Waals surface area contributed by atoms with E-state index in [1.807, 2.05) is 49.4 Å². The summed E-state index contributed by atoms with van der Waals surface area (Å²) in [6.07, 6.45) is 13.0. The Morgan fingerprint density at radius 1 is 0.914 bits per heavy atom. The Morgan fingerprint density at radius 2 is 1.51 bits per heavy atom. The fraction of sp³-hybridized carbons (Fsp3) is 0.333. The molecule has 0 spiro atoms. The third-order valence-corrected chi connectivity index (χ3v) is 7.29. The largest absolute Gasteiger partial charge is 0.299 e. The molecule has 0 amide bonds. The molecule has 180 valence electrons. The van der Waals surface area contributed by atoms with Crippen molar-refractivity contribution in [3.05, 3.63) is 114 Å². The van der Waals surface area contributed by atoms with E-state index in [1.165, 1.54) is 32.1 Å². The highest BCUT2D eigenvalue weighted by atomic mass is 16.1. The molecule has 1 aliphatic carbocycles. The minimum absolute atomic E-state index is 0.0738. The standard InChI is InChI=1S/C33H37NO/c1-24-21-30(22-26(3)32(35)20-12-15-27-13-10-11-14-27)34-33(29-18-8-5-9-19-29)31(23-25(24)2)28-16-6-4-7-17-28/h4-9,16-19,21,23,26-27H,1-2,10-15,20,22H2,3H3/b30-21-,31-23-,34-33-. The molecule has 2 heteroatoms. The van der Waals surface area contributed by atoms with Crippen molar-refractivity contribution in [2.75, 3.05) is 0 Å². The smallest absolute Gasteiger partial charge is 0.136 e. The van der Waals surface area contributed by atoms with Gasteiger partial charge in [0.25, 0.3) is 0 Å². The Balaban J connectivity index is 1.59. The first kappa shape index (κ1) is 24.9. The van der Waals surface area contributed by atoms with Crippen LogP contribution in [-0.2, 0) is 4.79 Å². The van der Waals surface area contributed by atoms with Crippen LogP contribution in [0.15, 0.2) is 108 Å². The molecule has 1 fully saturated rings. The predicted octanol–water partition coefficient (Wildman–Crippen LogP) is 8.53. The maximum Gasteiger partial charge on any atom is 0.136 e. The van der Waals surface area contributed by atoms with Crippen LogP contribution in [0.2, 0.25) is 0 Å². The summed E-state index contributed by atoms with van der Waals surface area (Å²) in [6, 6.07) is 20.6. The number of benzene rings is 2. The number of rotatable bonds is 9. The van der Waals surface area contributed by atoms with E-state index in [0.717, 1.165) is 51.6 Å². The summed E-state index contributed by atoms with van der Waals surface area (Å²) < 4.78 is 0. The van der Waals surface area contributed by atoms with E-state index in [1.54, 1.807) is 0 Å². The van der Waals surface area contributed by atoms with Crippen LogP contribution in [0.1, 0.15) is 69.4 Å². The van der Waals surface area contributed by atoms with Gasteiger partial charge in [0.15, 0.2) is 0 Å². The van der Waals surface area contributed by atoms with Gasteiger partial charge in [-0.25, -0.2) is 0 Å². The van der Waals surface area contributed by atoms with E-state index in [-0.39, 0.29) is 5.92 Å². The quantitative estimate of drug-likeness (QED) is 0.366. The SMILES string of the molecule is C=C1\C=C(CC(C)C(=O)CCCC2CCCC2)/N=C(c2ccccc2)\C(c2ccccc2)=C/C1=C. The Bertz CT molecular complexity index is 1140. The van der Waals surface area contributed by atoms with E-state index in [2.05, 4.69) is 43.5 Å². The van der Waals surface area contributed by atoms with Crippen LogP contribution >= 0.6 is 0 Å². The van der Waals surface area contributed by atoms with Gasteiger partial charge in [0.1, 0.15) is 5.78 Å². The lowest BCUT2D eigenvalue weighted by molar-refractivity contribution is -0.122. The summed E-state index contributed by atoms with van der Waals surface area (Å²) in [5.41, 5.74) is 6.63. The van der Waals surface area contributed by atoms with Gasteiger partial charge in [0.05, 0.1) is 5.71 Å². The summed E-state index contributed by atoms with van der Waals surface area (Å²) in [4.78, 5) is 18.2. The van der Waals surface area contributed by atoms with Gasteiger partial charge in [0, 0.05) is 29.2 Å². The molecule has 0 saturated heterocycles. The molecule has 1 atom stereocenters. The molecule has 0 bridgehead atoms. The second-order valence-corrected chi connectivity index (χ2v) is 10.1. The molecule has 2 aromatic rings. The second-order valence-electron chi connectivity index (χ2n) is 10.1. The van der Waals surface area contributed by atoms with Crippen molar-refractivity contribution in [2.45, 2.75) is 58.3 Å². The van der Waals surface area contributed by atoms with Crippen molar-refractivity contribution in [1.29, 1.82) is 0 Å². The number of Topliss-reactive ketones (excluding diaryl/α,β-unsaturated/α-hetero) is 1. The van der Waals surface area contributed by atoms with Gasteiger partial charge in [-0.2, -0.15) is 0 Å². The van der Waals surface area contributed by atoms with Crippen LogP contribution < -0.4 is 0 Å². The van der Waals surface area contributed by atoms with Crippen LogP contribution in [0, 0.1) is 11.8 Å². The van der Waals surface area contributed by atoms with E-state index >= 15 is 0 Å². The first-order valence-electron chi connectivity index (χ1n) is 13.0. The fourth-order valence-corrected chi connectivity index (χ4v) is 5.16. The molecule has 1 aliphatic heterocycles. The van der Waals surface area contributed by atoms with Crippen molar-refractivity contribution in [2.24, 2.45) is 16.8 Å². The Morgan fingerprint density at radius 3 is 2.17 bits per heavy atom. The van der Waals surface area contributed by atoms with E-state index < -0.39 is 0 Å². The molecule has 0 N–H and O–H groups in total. The number of nitrogens with zero attached hydrogens (tertiary/aromatic N) is 1. The van der Waals surface area contributed by atoms with Gasteiger partial charge >= 0.3 is 0 Å². The molecule has 2 aromatic carbocycles. The van der Waals surface area contributed by atoms with Crippen molar-refractivity contribution >= 4 is 17.1 Å². The molecule has 1 heterocycles. The normalized spacial score (nSPS) is 22.3. The van der Waals surface area contributed by atoms with Crippen LogP contribution in [0.3, 0.4) is 0 Å². The molecule has 1 saturated carbocycles. The lowest BCUT2D eigenvalue weighted by atomic mass is 9.89. The highest BCUT2D eigenvalue weighted by Crippen LogP contribution is 2.31. The molecule has 1 unspecified atom stereocenters. The molecular weight excluding hydrogens is 426 g/mol. The van der Waals surface area contributed by atoms with E-state index in [0.29, 0.717) is 18.6 Å². The highest BCUT2D eigenvalue weighted by molar-refractivity contribution is 6.32. The molecule has 2 aliphatic rings. The van der Waals surface area contributed by atoms with Gasteiger partial charge in [-0.1, -0.05) is 113 Å². The number of hydrogen-bond donors (Lipinski definition) is 0. The number of carbonyl (C=O) groups is 1. The van der Waals surface area contributed by atoms with Crippen molar-refractivity contribution < 1.29 is 4.79 Å². The Hall–Kier alpha value is -3.26. The third kappa shape index (κ3) is 6.66. The predicted molar refractivity (Wildman–Crippen MR) is 148 cm³/mol. The zero-order valence-electron chi connectivity index (χ0n) is 21.0. The third-order valence-electron chi connectivity index (χ3n) is 7.29. The number of ketones is 1. The van der Waals surface area contributed by atoms with Gasteiger partial charge in [-0.15, -0.1) is 0 Å². The molecule has 0 radical (unpaired) electrons. The van der Waals surface area contributed by atoms with Gasteiger partial charge in [-0.3, -0.25) is 9.79 Å². The highest BCUT2D eigenvalue weighted by Gasteiger charge is 2.21. The zero-order valence-corrected chi connectivity index (χ0v) is 21.0. The summed E-state index contributed by atoms with van der Waals surface area (Å²) >= 11 is 0. The van der Waals surface area contributed by atoms with Crippen LogP contribution in [-0.4, -0.2) is 11.5 Å². The molecule has 0 aromatic heterocycles. The van der Waals surface area contributed by atoms with Gasteiger partial charge < -0.3 is 0 Å². The summed E-state index contributed by atoms with van der Waals surface area (Å²) in [5, 5.41) is 0. The first-order valence-corrected chi connectivity index (χ1v) is 13.0. The fourth-order valence-electron chi connectivity index (χ4n) is 5.16. The zero-order chi connectivity index (χ0) is 24.6. The molecule has 2 nitrogen and oxygen atoms in total. The average Bonchev–Trinajstić information content (AvgIpc) is 3.39. The Labute approximate surface area is 210 Å². The van der Waals surface area contributed by atoms with Crippen LogP contribution in [0.25, 0.3) is 5.57 Å². The average molecular weight is 464 g/mol. The number of aliphatic imine (C=N–C) groups is 1. The number of allylic oxidation sites excluding steroid dienone is 6. The van der Waals surface area contributed by atoms with Crippen LogP contribution in [0.5, 0.6) is 0 Å². The van der Waals surface area contributed by atoms with Crippen LogP contribution in [0.4, 0.5) is 0 Å². The van der Waals surface area contributed by atoms with Crippen molar-refractivity contribution in [3.8, 4) is 0 Å². The minimum atomic E-state index is -0.0738. The topological polar surface area (TPSA) is 29.4 Å². The second kappa shape index (κ2) is 11.9.